The number of nitrogens with zero attached hydrogens (tertiary/aromatic N) is 5. The van der Waals surface area contributed by atoms with Gasteiger partial charge in [-0.25, -0.2) is 9.07 Å². The van der Waals surface area contributed by atoms with Crippen molar-refractivity contribution in [2.45, 2.75) is 25.9 Å². The fraction of sp³-hybridized carbons (Fsp3) is 0.182. The molecule has 0 fully saturated rings. The monoisotopic (exact) mass is 465 g/mol. The first-order valence-corrected chi connectivity index (χ1v) is 10.9. The van der Waals surface area contributed by atoms with Crippen molar-refractivity contribution in [1.29, 1.82) is 5.26 Å². The Morgan fingerprint density at radius 1 is 1.24 bits per heavy atom. The molecule has 3 N–H and O–H groups in total. The van der Waals surface area contributed by atoms with Crippen LogP contribution in [0, 0.1) is 37.9 Å². The topological polar surface area (TPSA) is 128 Å². The number of carbonyl (C=O) groups is 1. The molecule has 0 saturated carbocycles. The molecule has 1 aromatic carbocycles. The van der Waals surface area contributed by atoms with Crippen molar-refractivity contribution in [3.8, 4) is 23.1 Å². The van der Waals surface area contributed by atoms with Gasteiger partial charge in [-0.3, -0.25) is 9.36 Å². The summed E-state index contributed by atoms with van der Waals surface area (Å²) in [6.45, 7) is 5.42. The maximum Gasteiger partial charge on any atom is 0.236 e. The molecule has 33 heavy (non-hydrogen) atoms. The maximum absolute atomic E-state index is 13.4. The average molecular weight is 466 g/mol. The third-order valence-electron chi connectivity index (χ3n) is 5.26. The molecule has 11 heteroatoms. The number of nitrogen functional groups attached to an aromatic ring is 1. The number of aryl methyl sites for hydroxylation is 1. The highest BCUT2D eigenvalue weighted by atomic mass is 32.2. The molecular weight excluding hydrogens is 445 g/mol. The fourth-order valence-electron chi connectivity index (χ4n) is 3.45. The molecule has 3 heterocycles. The van der Waals surface area contributed by atoms with Gasteiger partial charge in [-0.05, 0) is 56.7 Å². The molecule has 0 aliphatic heterocycles. The Morgan fingerprint density at radius 3 is 2.61 bits per heavy atom. The molecule has 168 valence electrons. The summed E-state index contributed by atoms with van der Waals surface area (Å²) in [4.78, 5) is 12.8. The van der Waals surface area contributed by atoms with Gasteiger partial charge in [0.15, 0.2) is 5.82 Å². The largest absolute Gasteiger partial charge is 0.469 e. The van der Waals surface area contributed by atoms with Gasteiger partial charge >= 0.3 is 0 Å². The highest BCUT2D eigenvalue weighted by molar-refractivity contribution is 7.99. The van der Waals surface area contributed by atoms with E-state index in [0.717, 1.165) is 23.0 Å². The third-order valence-corrected chi connectivity index (χ3v) is 6.21. The van der Waals surface area contributed by atoms with Crippen LogP contribution in [-0.4, -0.2) is 31.1 Å². The Labute approximate surface area is 193 Å². The molecule has 0 spiro atoms. The summed E-state index contributed by atoms with van der Waals surface area (Å²) in [5.41, 5.74) is 3.18. The van der Waals surface area contributed by atoms with Crippen LogP contribution < -0.4 is 11.2 Å². The van der Waals surface area contributed by atoms with Crippen LogP contribution in [0.2, 0.25) is 0 Å². The van der Waals surface area contributed by atoms with E-state index in [-0.39, 0.29) is 17.5 Å². The number of aromatic nitrogens is 4. The number of nitrogens with two attached hydrogens (primary N) is 1. The molecule has 1 amide bonds. The lowest BCUT2D eigenvalue weighted by Crippen LogP contribution is -2.19. The summed E-state index contributed by atoms with van der Waals surface area (Å²) in [7, 11) is 0. The van der Waals surface area contributed by atoms with Gasteiger partial charge in [0.05, 0.1) is 23.1 Å². The molecule has 0 atom stereocenters. The predicted octanol–water partition coefficient (Wildman–Crippen LogP) is 3.71. The second kappa shape index (κ2) is 8.84. The number of hydrogen-bond acceptors (Lipinski definition) is 7. The van der Waals surface area contributed by atoms with Crippen LogP contribution in [0.1, 0.15) is 22.6 Å². The van der Waals surface area contributed by atoms with Crippen molar-refractivity contribution in [2.75, 3.05) is 16.9 Å². The van der Waals surface area contributed by atoms with Crippen molar-refractivity contribution in [3.63, 3.8) is 0 Å². The normalized spacial score (nSPS) is 10.9. The molecule has 0 saturated heterocycles. The lowest BCUT2D eigenvalue weighted by molar-refractivity contribution is -0.113. The number of furan rings is 1. The number of thioether (sulfide) groups is 1. The molecule has 0 aliphatic carbocycles. The number of carbonyl (C=O) groups excluding carboxylic acids is 1. The molecule has 0 radical (unpaired) electrons. The number of amides is 1. The SMILES string of the molecule is Cc1occc1-c1nnc(SCC(=O)Nc2c(C#N)c(C)c(C)n2-c2ccc(F)cc2)n1N. The minimum atomic E-state index is -0.376. The summed E-state index contributed by atoms with van der Waals surface area (Å²) in [5, 5.41) is 21.0. The number of benzene rings is 1. The molecule has 0 aliphatic rings. The molecule has 4 rings (SSSR count). The van der Waals surface area contributed by atoms with Crippen molar-refractivity contribution in [3.05, 3.63) is 65.0 Å². The van der Waals surface area contributed by atoms with Crippen LogP contribution in [0.25, 0.3) is 17.1 Å². The first-order valence-electron chi connectivity index (χ1n) is 9.87. The lowest BCUT2D eigenvalue weighted by atomic mass is 10.2. The summed E-state index contributed by atoms with van der Waals surface area (Å²) in [6.07, 6.45) is 1.53. The summed E-state index contributed by atoms with van der Waals surface area (Å²) < 4.78 is 21.7. The number of halogens is 1. The Morgan fingerprint density at radius 2 is 1.97 bits per heavy atom. The van der Waals surface area contributed by atoms with Gasteiger partial charge in [-0.15, -0.1) is 10.2 Å². The van der Waals surface area contributed by atoms with Crippen molar-refractivity contribution in [1.82, 2.24) is 19.4 Å². The average Bonchev–Trinajstić information content (AvgIpc) is 3.44. The van der Waals surface area contributed by atoms with E-state index in [1.54, 1.807) is 36.6 Å². The number of hydrogen-bond donors (Lipinski definition) is 2. The Kier molecular flexibility index (Phi) is 5.93. The molecule has 3 aromatic heterocycles. The van der Waals surface area contributed by atoms with Gasteiger partial charge in [0.25, 0.3) is 0 Å². The Balaban J connectivity index is 1.56. The molecule has 9 nitrogen and oxygen atoms in total. The number of rotatable bonds is 6. The van der Waals surface area contributed by atoms with E-state index in [1.165, 1.54) is 23.1 Å². The zero-order valence-corrected chi connectivity index (χ0v) is 18.9. The van der Waals surface area contributed by atoms with Crippen LogP contribution in [0.4, 0.5) is 10.2 Å². The van der Waals surface area contributed by atoms with Crippen LogP contribution in [0.5, 0.6) is 0 Å². The molecule has 0 bridgehead atoms. The van der Waals surface area contributed by atoms with Crippen LogP contribution >= 0.6 is 11.8 Å². The third kappa shape index (κ3) is 4.08. The number of nitrogens with one attached hydrogen (secondary N) is 1. The number of nitriles is 1. The highest BCUT2D eigenvalue weighted by Crippen LogP contribution is 2.31. The standard InChI is InChI=1S/C22H20FN7O2S/c1-12-13(2)29(16-6-4-15(23)5-7-16)20(18(12)10-24)26-19(31)11-33-22-28-27-21(30(22)25)17-8-9-32-14(17)3/h4-9H,11,25H2,1-3H3,(H,26,31). The van der Waals surface area contributed by atoms with E-state index in [9.17, 15) is 14.4 Å². The van der Waals surface area contributed by atoms with E-state index in [0.29, 0.717) is 39.4 Å². The Hall–Kier alpha value is -4.04. The maximum atomic E-state index is 13.4. The number of anilines is 1. The summed E-state index contributed by atoms with van der Waals surface area (Å²) in [6, 6.07) is 9.71. The second-order valence-corrected chi connectivity index (χ2v) is 8.20. The van der Waals surface area contributed by atoms with Gasteiger partial charge in [0, 0.05) is 11.4 Å². The van der Waals surface area contributed by atoms with Crippen molar-refractivity contribution >= 4 is 23.5 Å². The van der Waals surface area contributed by atoms with Gasteiger partial charge in [-0.1, -0.05) is 11.8 Å². The lowest BCUT2D eigenvalue weighted by Gasteiger charge is -2.13. The predicted molar refractivity (Wildman–Crippen MR) is 122 cm³/mol. The minimum Gasteiger partial charge on any atom is -0.469 e. The van der Waals surface area contributed by atoms with Gasteiger partial charge in [0.1, 0.15) is 23.5 Å². The van der Waals surface area contributed by atoms with E-state index >= 15 is 0 Å². The zero-order valence-electron chi connectivity index (χ0n) is 18.1. The summed E-state index contributed by atoms with van der Waals surface area (Å²) >= 11 is 1.11. The van der Waals surface area contributed by atoms with Crippen LogP contribution in [-0.2, 0) is 4.79 Å². The molecular formula is C22H20FN7O2S. The first kappa shape index (κ1) is 22.2. The summed E-state index contributed by atoms with van der Waals surface area (Å²) in [5.74, 6) is 6.75. The van der Waals surface area contributed by atoms with E-state index < -0.39 is 0 Å². The van der Waals surface area contributed by atoms with Gasteiger partial charge < -0.3 is 15.6 Å². The highest BCUT2D eigenvalue weighted by Gasteiger charge is 2.22. The molecule has 4 aromatic rings. The van der Waals surface area contributed by atoms with Gasteiger partial charge in [0.2, 0.25) is 11.1 Å². The van der Waals surface area contributed by atoms with Crippen molar-refractivity contribution < 1.29 is 13.6 Å². The van der Waals surface area contributed by atoms with E-state index in [1.807, 2.05) is 6.92 Å². The minimum absolute atomic E-state index is 0.0166. The van der Waals surface area contributed by atoms with E-state index in [2.05, 4.69) is 21.6 Å². The van der Waals surface area contributed by atoms with Crippen LogP contribution in [0.3, 0.4) is 0 Å². The van der Waals surface area contributed by atoms with E-state index in [4.69, 9.17) is 10.3 Å². The van der Waals surface area contributed by atoms with Gasteiger partial charge in [-0.2, -0.15) is 5.26 Å². The smallest absolute Gasteiger partial charge is 0.236 e. The van der Waals surface area contributed by atoms with Crippen LogP contribution in [0.15, 0.2) is 46.2 Å². The quantitative estimate of drug-likeness (QED) is 0.328. The molecule has 0 unspecified atom stereocenters. The Bertz CT molecular complexity index is 1380. The zero-order chi connectivity index (χ0) is 23.7. The second-order valence-electron chi connectivity index (χ2n) is 7.26. The van der Waals surface area contributed by atoms with Crippen molar-refractivity contribution in [2.24, 2.45) is 0 Å². The fourth-order valence-corrected chi connectivity index (χ4v) is 4.10. The first-order chi connectivity index (χ1) is 15.8.